The van der Waals surface area contributed by atoms with E-state index in [0.29, 0.717) is 12.4 Å². The van der Waals surface area contributed by atoms with Crippen LogP contribution >= 0.6 is 0 Å². The third kappa shape index (κ3) is 1.91. The van der Waals surface area contributed by atoms with Crippen LogP contribution < -0.4 is 4.74 Å². The van der Waals surface area contributed by atoms with Gasteiger partial charge in [-0.2, -0.15) is 0 Å². The van der Waals surface area contributed by atoms with Crippen LogP contribution in [0.5, 0.6) is 11.5 Å². The van der Waals surface area contributed by atoms with Crippen molar-refractivity contribution in [2.45, 2.75) is 20.3 Å². The van der Waals surface area contributed by atoms with Crippen molar-refractivity contribution in [3.05, 3.63) is 23.8 Å². The minimum Gasteiger partial charge on any atom is -0.504 e. The summed E-state index contributed by atoms with van der Waals surface area (Å²) in [5.41, 5.74) is 0.851. The summed E-state index contributed by atoms with van der Waals surface area (Å²) >= 11 is 0. The Bertz CT molecular complexity index is 256. The highest BCUT2D eigenvalue weighted by Crippen LogP contribution is 2.28. The Balaban J connectivity index is 2.78. The lowest BCUT2D eigenvalue weighted by Gasteiger charge is -2.07. The van der Waals surface area contributed by atoms with Crippen LogP contribution in [0.4, 0.5) is 0 Å². The van der Waals surface area contributed by atoms with Gasteiger partial charge in [0.25, 0.3) is 0 Å². The molecule has 0 aromatic heterocycles. The molecule has 0 unspecified atom stereocenters. The Morgan fingerprint density at radius 2 is 2.17 bits per heavy atom. The van der Waals surface area contributed by atoms with E-state index in [1.807, 2.05) is 26.0 Å². The first-order valence-corrected chi connectivity index (χ1v) is 4.17. The maximum atomic E-state index is 9.50. The SMILES string of the molecule is CCCOc1cccc(C)c1O. The zero-order valence-corrected chi connectivity index (χ0v) is 7.50. The minimum absolute atomic E-state index is 0.256. The molecule has 0 saturated heterocycles. The van der Waals surface area contributed by atoms with Gasteiger partial charge in [-0.1, -0.05) is 19.1 Å². The summed E-state index contributed by atoms with van der Waals surface area (Å²) in [6, 6.07) is 5.51. The maximum Gasteiger partial charge on any atom is 0.161 e. The predicted octanol–water partition coefficient (Wildman–Crippen LogP) is 2.49. The highest BCUT2D eigenvalue weighted by molar-refractivity contribution is 5.44. The summed E-state index contributed by atoms with van der Waals surface area (Å²) in [6.07, 6.45) is 0.952. The van der Waals surface area contributed by atoms with Gasteiger partial charge in [0.2, 0.25) is 0 Å². The van der Waals surface area contributed by atoms with Crippen LogP contribution in [0.3, 0.4) is 0 Å². The molecule has 0 aliphatic heterocycles. The van der Waals surface area contributed by atoms with Crippen LogP contribution in [-0.4, -0.2) is 11.7 Å². The van der Waals surface area contributed by atoms with Crippen molar-refractivity contribution in [2.24, 2.45) is 0 Å². The van der Waals surface area contributed by atoms with Crippen LogP contribution in [0, 0.1) is 6.92 Å². The average Bonchev–Trinajstić information content (AvgIpc) is 2.08. The van der Waals surface area contributed by atoms with E-state index in [0.717, 1.165) is 12.0 Å². The third-order valence-corrected chi connectivity index (χ3v) is 1.66. The van der Waals surface area contributed by atoms with E-state index < -0.39 is 0 Å². The van der Waals surface area contributed by atoms with Crippen molar-refractivity contribution in [3.63, 3.8) is 0 Å². The van der Waals surface area contributed by atoms with Crippen molar-refractivity contribution in [1.82, 2.24) is 0 Å². The molecule has 0 amide bonds. The van der Waals surface area contributed by atoms with E-state index in [-0.39, 0.29) is 5.75 Å². The Hall–Kier alpha value is -1.18. The Labute approximate surface area is 72.8 Å². The molecule has 12 heavy (non-hydrogen) atoms. The van der Waals surface area contributed by atoms with Crippen LogP contribution in [0.2, 0.25) is 0 Å². The fourth-order valence-corrected chi connectivity index (χ4v) is 0.961. The molecule has 1 aromatic rings. The van der Waals surface area contributed by atoms with Crippen LogP contribution in [0.25, 0.3) is 0 Å². The highest BCUT2D eigenvalue weighted by atomic mass is 16.5. The first kappa shape index (κ1) is 8.91. The smallest absolute Gasteiger partial charge is 0.161 e. The molecule has 1 aromatic carbocycles. The molecule has 0 spiro atoms. The number of rotatable bonds is 3. The van der Waals surface area contributed by atoms with Crippen molar-refractivity contribution in [2.75, 3.05) is 6.61 Å². The van der Waals surface area contributed by atoms with E-state index in [2.05, 4.69) is 0 Å². The summed E-state index contributed by atoms with van der Waals surface area (Å²) in [5.74, 6) is 0.836. The number of phenolic OH excluding ortho intramolecular Hbond substituents is 1. The topological polar surface area (TPSA) is 29.5 Å². The Morgan fingerprint density at radius 3 is 2.83 bits per heavy atom. The number of hydrogen-bond acceptors (Lipinski definition) is 2. The van der Waals surface area contributed by atoms with Gasteiger partial charge in [0.15, 0.2) is 11.5 Å². The molecule has 0 aliphatic carbocycles. The van der Waals surface area contributed by atoms with Crippen molar-refractivity contribution < 1.29 is 9.84 Å². The number of para-hydroxylation sites is 1. The second-order valence-corrected chi connectivity index (χ2v) is 2.77. The summed E-state index contributed by atoms with van der Waals surface area (Å²) in [7, 11) is 0. The Morgan fingerprint density at radius 1 is 1.42 bits per heavy atom. The van der Waals surface area contributed by atoms with Gasteiger partial charge >= 0.3 is 0 Å². The lowest BCUT2D eigenvalue weighted by molar-refractivity contribution is 0.298. The second-order valence-electron chi connectivity index (χ2n) is 2.77. The van der Waals surface area contributed by atoms with E-state index in [9.17, 15) is 5.11 Å². The second kappa shape index (κ2) is 4.00. The summed E-state index contributed by atoms with van der Waals surface area (Å²) in [6.45, 7) is 4.54. The first-order valence-electron chi connectivity index (χ1n) is 4.17. The van der Waals surface area contributed by atoms with Gasteiger partial charge in [-0.15, -0.1) is 0 Å². The van der Waals surface area contributed by atoms with Crippen LogP contribution in [-0.2, 0) is 0 Å². The predicted molar refractivity (Wildman–Crippen MR) is 48.6 cm³/mol. The molecule has 0 saturated carbocycles. The van der Waals surface area contributed by atoms with Gasteiger partial charge in [-0.3, -0.25) is 0 Å². The number of ether oxygens (including phenoxy) is 1. The normalized spacial score (nSPS) is 9.83. The molecule has 0 fully saturated rings. The molecule has 66 valence electrons. The van der Waals surface area contributed by atoms with Crippen molar-refractivity contribution >= 4 is 0 Å². The zero-order chi connectivity index (χ0) is 8.97. The van der Waals surface area contributed by atoms with Gasteiger partial charge in [0.05, 0.1) is 6.61 Å². The number of benzene rings is 1. The fraction of sp³-hybridized carbons (Fsp3) is 0.400. The molecule has 1 rings (SSSR count). The molecular weight excluding hydrogens is 152 g/mol. The molecule has 2 heteroatoms. The molecule has 0 aliphatic rings. The van der Waals surface area contributed by atoms with E-state index in [4.69, 9.17) is 4.74 Å². The first-order chi connectivity index (χ1) is 5.75. The summed E-state index contributed by atoms with van der Waals surface area (Å²) in [4.78, 5) is 0. The summed E-state index contributed by atoms with van der Waals surface area (Å²) in [5, 5.41) is 9.50. The van der Waals surface area contributed by atoms with Gasteiger partial charge in [-0.25, -0.2) is 0 Å². The van der Waals surface area contributed by atoms with E-state index in [1.54, 1.807) is 6.07 Å². The van der Waals surface area contributed by atoms with E-state index >= 15 is 0 Å². The lowest BCUT2D eigenvalue weighted by Crippen LogP contribution is -1.95. The quantitative estimate of drug-likeness (QED) is 0.747. The number of aromatic hydroxyl groups is 1. The molecule has 0 bridgehead atoms. The average molecular weight is 166 g/mol. The highest BCUT2D eigenvalue weighted by Gasteiger charge is 2.02. The third-order valence-electron chi connectivity index (χ3n) is 1.66. The molecule has 0 heterocycles. The number of hydrogen-bond donors (Lipinski definition) is 1. The van der Waals surface area contributed by atoms with Gasteiger partial charge in [0.1, 0.15) is 0 Å². The standard InChI is InChI=1S/C10H14O2/c1-3-7-12-9-6-4-5-8(2)10(9)11/h4-6,11H,3,7H2,1-2H3. The van der Waals surface area contributed by atoms with Crippen LogP contribution in [0.1, 0.15) is 18.9 Å². The van der Waals surface area contributed by atoms with Crippen LogP contribution in [0.15, 0.2) is 18.2 Å². The van der Waals surface area contributed by atoms with E-state index in [1.165, 1.54) is 0 Å². The molecule has 0 atom stereocenters. The monoisotopic (exact) mass is 166 g/mol. The largest absolute Gasteiger partial charge is 0.504 e. The fourth-order valence-electron chi connectivity index (χ4n) is 0.961. The number of aryl methyl sites for hydroxylation is 1. The molecular formula is C10H14O2. The molecule has 2 nitrogen and oxygen atoms in total. The van der Waals surface area contributed by atoms with Crippen molar-refractivity contribution in [1.29, 1.82) is 0 Å². The van der Waals surface area contributed by atoms with Crippen molar-refractivity contribution in [3.8, 4) is 11.5 Å². The molecule has 1 N–H and O–H groups in total. The Kier molecular flexibility index (Phi) is 2.97. The minimum atomic E-state index is 0.256. The maximum absolute atomic E-state index is 9.50. The zero-order valence-electron chi connectivity index (χ0n) is 7.50. The lowest BCUT2D eigenvalue weighted by atomic mass is 10.2. The van der Waals surface area contributed by atoms with Gasteiger partial charge in [-0.05, 0) is 25.0 Å². The molecule has 0 radical (unpaired) electrons. The number of phenols is 1. The summed E-state index contributed by atoms with van der Waals surface area (Å²) < 4.78 is 5.32. The van der Waals surface area contributed by atoms with Gasteiger partial charge < -0.3 is 9.84 Å². The van der Waals surface area contributed by atoms with Gasteiger partial charge in [0, 0.05) is 0 Å².